The number of hydrogen-bond donors (Lipinski definition) is 7. The van der Waals surface area contributed by atoms with Gasteiger partial charge in [0.2, 0.25) is 0 Å². The lowest BCUT2D eigenvalue weighted by molar-refractivity contribution is -0.196. The van der Waals surface area contributed by atoms with Gasteiger partial charge in [0, 0.05) is 6.20 Å². The van der Waals surface area contributed by atoms with E-state index in [1.54, 1.807) is 0 Å². The van der Waals surface area contributed by atoms with Crippen molar-refractivity contribution in [1.82, 2.24) is 4.90 Å². The van der Waals surface area contributed by atoms with Crippen LogP contribution in [0.1, 0.15) is 0 Å². The quantitative estimate of drug-likeness (QED) is 0.178. The van der Waals surface area contributed by atoms with Crippen LogP contribution in [-0.4, -0.2) is 77.6 Å². The van der Waals surface area contributed by atoms with E-state index in [1.807, 2.05) is 0 Å². The SMILES string of the molecule is C=C1N=C(N)C=CN1[C@@H]1O[C@@](COP(=O)(O)OP(=O)(O)OP(=O)(O)O)(C(F)F)[C@@H](O)[C@@H]1O. The topological polar surface area (TPSA) is 251 Å². The average Bonchev–Trinajstić information content (AvgIpc) is 2.83. The molecule has 2 heterocycles. The van der Waals surface area contributed by atoms with E-state index in [2.05, 4.69) is 24.7 Å². The summed E-state index contributed by atoms with van der Waals surface area (Å²) >= 11 is 0. The summed E-state index contributed by atoms with van der Waals surface area (Å²) in [5.41, 5.74) is 2.26. The number of rotatable bonds is 9. The van der Waals surface area contributed by atoms with Crippen LogP contribution in [0.3, 0.4) is 0 Å². The second kappa shape index (κ2) is 9.27. The van der Waals surface area contributed by atoms with Gasteiger partial charge < -0.3 is 45.2 Å². The normalized spacial score (nSPS) is 32.7. The number of hydrogen-bond acceptors (Lipinski definition) is 12. The first kappa shape index (κ1) is 27.1. The zero-order valence-electron chi connectivity index (χ0n) is 15.5. The number of aliphatic imine (C=N–C) groups is 1. The first-order chi connectivity index (χ1) is 14.4. The second-order valence-electron chi connectivity index (χ2n) is 6.24. The highest BCUT2D eigenvalue weighted by molar-refractivity contribution is 7.66. The van der Waals surface area contributed by atoms with Gasteiger partial charge in [-0.2, -0.15) is 8.62 Å². The molecule has 1 fully saturated rings. The molecule has 6 atom stereocenters. The Morgan fingerprint density at radius 2 is 1.81 bits per heavy atom. The van der Waals surface area contributed by atoms with Crippen LogP contribution in [0.2, 0.25) is 0 Å². The molecule has 0 aromatic rings. The number of alkyl halides is 2. The summed E-state index contributed by atoms with van der Waals surface area (Å²) in [6.45, 7) is 1.76. The fourth-order valence-corrected chi connectivity index (χ4v) is 5.66. The number of nitrogens with two attached hydrogens (primary N) is 1. The van der Waals surface area contributed by atoms with Crippen molar-refractivity contribution >= 4 is 29.3 Å². The number of ether oxygens (including phenoxy) is 1. The van der Waals surface area contributed by atoms with Gasteiger partial charge in [-0.15, -0.1) is 0 Å². The van der Waals surface area contributed by atoms with Crippen LogP contribution in [0, 0.1) is 0 Å². The molecule has 0 amide bonds. The van der Waals surface area contributed by atoms with Crippen molar-refractivity contribution in [2.75, 3.05) is 6.61 Å². The lowest BCUT2D eigenvalue weighted by Gasteiger charge is -2.33. The van der Waals surface area contributed by atoms with Crippen LogP contribution < -0.4 is 5.73 Å². The van der Waals surface area contributed by atoms with Gasteiger partial charge in [-0.25, -0.2) is 27.5 Å². The van der Waals surface area contributed by atoms with Gasteiger partial charge in [0.05, 0.1) is 6.61 Å². The Hall–Kier alpha value is -1.10. The van der Waals surface area contributed by atoms with E-state index in [0.29, 0.717) is 0 Å². The molecule has 0 aromatic carbocycles. The molecular formula is C11H18F2N3O13P3. The number of aliphatic hydroxyl groups is 2. The summed E-state index contributed by atoms with van der Waals surface area (Å²) in [5.74, 6) is -0.203. The lowest BCUT2D eigenvalue weighted by Crippen LogP contribution is -2.52. The molecule has 0 saturated carbocycles. The molecule has 1 saturated heterocycles. The number of nitrogens with zero attached hydrogens (tertiary/aromatic N) is 2. The largest absolute Gasteiger partial charge is 0.490 e. The van der Waals surface area contributed by atoms with Crippen LogP contribution in [-0.2, 0) is 31.6 Å². The fraction of sp³-hybridized carbons (Fsp3) is 0.545. The van der Waals surface area contributed by atoms with Crippen molar-refractivity contribution in [3.63, 3.8) is 0 Å². The fourth-order valence-electron chi connectivity index (χ4n) is 2.60. The van der Waals surface area contributed by atoms with Crippen LogP contribution in [0.25, 0.3) is 0 Å². The van der Waals surface area contributed by atoms with Crippen molar-refractivity contribution in [3.8, 4) is 0 Å². The molecule has 2 rings (SSSR count). The number of aliphatic hydroxyl groups excluding tert-OH is 2. The second-order valence-corrected chi connectivity index (χ2v) is 10.7. The Bertz CT molecular complexity index is 957. The molecule has 184 valence electrons. The summed E-state index contributed by atoms with van der Waals surface area (Å²) < 4.78 is 77.5. The molecular weight excluding hydrogens is 513 g/mol. The molecule has 21 heteroatoms. The molecule has 0 radical (unpaired) electrons. The van der Waals surface area contributed by atoms with Crippen molar-refractivity contribution in [1.29, 1.82) is 0 Å². The molecule has 0 aliphatic carbocycles. The summed E-state index contributed by atoms with van der Waals surface area (Å²) in [5, 5.41) is 20.4. The zero-order chi connectivity index (χ0) is 24.7. The molecule has 32 heavy (non-hydrogen) atoms. The van der Waals surface area contributed by atoms with E-state index in [4.69, 9.17) is 25.2 Å². The third kappa shape index (κ3) is 6.27. The smallest absolute Gasteiger partial charge is 0.387 e. The highest BCUT2D eigenvalue weighted by Crippen LogP contribution is 2.66. The van der Waals surface area contributed by atoms with Gasteiger partial charge >= 0.3 is 23.5 Å². The highest BCUT2D eigenvalue weighted by atomic mass is 31.3. The maximum Gasteiger partial charge on any atom is 0.490 e. The molecule has 8 N–H and O–H groups in total. The Morgan fingerprint density at radius 1 is 1.22 bits per heavy atom. The number of phosphoric acid groups is 3. The van der Waals surface area contributed by atoms with E-state index in [9.17, 15) is 37.6 Å². The molecule has 2 unspecified atom stereocenters. The van der Waals surface area contributed by atoms with Crippen molar-refractivity contribution in [2.24, 2.45) is 10.7 Å². The average molecular weight is 531 g/mol. The Morgan fingerprint density at radius 3 is 2.31 bits per heavy atom. The number of amidine groups is 1. The van der Waals surface area contributed by atoms with Crippen LogP contribution in [0.5, 0.6) is 0 Å². The summed E-state index contributed by atoms with van der Waals surface area (Å²) in [6.07, 6.45) is -7.65. The molecule has 2 aliphatic heterocycles. The first-order valence-electron chi connectivity index (χ1n) is 7.99. The van der Waals surface area contributed by atoms with Crippen LogP contribution >= 0.6 is 23.5 Å². The van der Waals surface area contributed by atoms with E-state index in [0.717, 1.165) is 11.1 Å². The van der Waals surface area contributed by atoms with Crippen molar-refractivity contribution in [2.45, 2.75) is 30.5 Å². The molecule has 2 aliphatic rings. The predicted octanol–water partition coefficient (Wildman–Crippen LogP) is -0.931. The predicted molar refractivity (Wildman–Crippen MR) is 97.2 cm³/mol. The Kier molecular flexibility index (Phi) is 7.87. The lowest BCUT2D eigenvalue weighted by atomic mass is 9.96. The zero-order valence-corrected chi connectivity index (χ0v) is 18.2. The van der Waals surface area contributed by atoms with Crippen LogP contribution in [0.4, 0.5) is 8.78 Å². The Labute approximate surface area is 177 Å². The molecule has 0 bridgehead atoms. The van der Waals surface area contributed by atoms with Gasteiger partial charge in [0.25, 0.3) is 6.43 Å². The van der Waals surface area contributed by atoms with E-state index in [1.165, 1.54) is 6.08 Å². The minimum atomic E-state index is -5.92. The third-order valence-electron chi connectivity index (χ3n) is 3.93. The minimum absolute atomic E-state index is 0.0212. The molecule has 16 nitrogen and oxygen atoms in total. The van der Waals surface area contributed by atoms with Gasteiger partial charge in [0.1, 0.15) is 23.9 Å². The molecule has 0 spiro atoms. The number of halogens is 2. The number of phosphoric ester groups is 1. The van der Waals surface area contributed by atoms with Gasteiger partial charge in [-0.3, -0.25) is 4.52 Å². The van der Waals surface area contributed by atoms with Gasteiger partial charge in [0.15, 0.2) is 11.8 Å². The summed E-state index contributed by atoms with van der Waals surface area (Å²) in [6, 6.07) is 0. The molecule has 0 aromatic heterocycles. The maximum atomic E-state index is 13.8. The monoisotopic (exact) mass is 531 g/mol. The standard InChI is InChI=1S/C11H18F2N3O13P3/c1-5-15-6(14)2-3-16(5)9-7(17)8(18)11(27-9,10(12)13)4-26-31(22,23)29-32(24,25)28-30(19,20)21/h2-3,7-10,17-18H,1,4H2,(H2,14,15)(H,22,23)(H,24,25)(H2,19,20,21)/t7-,8-,9+,11+/m0/s1. The summed E-state index contributed by atoms with van der Waals surface area (Å²) in [4.78, 5) is 40.2. The van der Waals surface area contributed by atoms with E-state index in [-0.39, 0.29) is 11.7 Å². The Balaban J connectivity index is 2.21. The van der Waals surface area contributed by atoms with Gasteiger partial charge in [-0.05, 0) is 6.08 Å². The maximum absolute atomic E-state index is 13.8. The van der Waals surface area contributed by atoms with Crippen LogP contribution in [0.15, 0.2) is 29.7 Å². The van der Waals surface area contributed by atoms with Crippen molar-refractivity contribution in [3.05, 3.63) is 24.7 Å². The first-order valence-corrected chi connectivity index (χ1v) is 12.5. The van der Waals surface area contributed by atoms with E-state index < -0.39 is 60.5 Å². The van der Waals surface area contributed by atoms with Crippen molar-refractivity contribution < 1.29 is 70.1 Å². The summed E-state index contributed by atoms with van der Waals surface area (Å²) in [7, 11) is -17.4. The third-order valence-corrected chi connectivity index (χ3v) is 7.71. The highest BCUT2D eigenvalue weighted by Gasteiger charge is 2.62. The van der Waals surface area contributed by atoms with E-state index >= 15 is 0 Å². The minimum Gasteiger partial charge on any atom is -0.387 e. The van der Waals surface area contributed by atoms with Gasteiger partial charge in [-0.1, -0.05) is 6.58 Å².